The Morgan fingerprint density at radius 1 is 1.04 bits per heavy atom. The van der Waals surface area contributed by atoms with E-state index in [9.17, 15) is 4.79 Å². The molecule has 0 unspecified atom stereocenters. The van der Waals surface area contributed by atoms with Crippen molar-refractivity contribution in [2.24, 2.45) is 0 Å². The van der Waals surface area contributed by atoms with Crippen molar-refractivity contribution in [3.8, 4) is 11.5 Å². The maximum absolute atomic E-state index is 12.1. The Bertz CT molecular complexity index is 1020. The van der Waals surface area contributed by atoms with Gasteiger partial charge >= 0.3 is 0 Å². The summed E-state index contributed by atoms with van der Waals surface area (Å²) in [6.07, 6.45) is 2.41. The third-order valence-corrected chi connectivity index (χ3v) is 4.06. The zero-order chi connectivity index (χ0) is 17.8. The molecule has 0 saturated heterocycles. The molecule has 0 aliphatic carbocycles. The SMILES string of the molecule is O=C(Cc1noc2ccccc12)NCCc1coc(-c2ccccc2)n1. The van der Waals surface area contributed by atoms with E-state index < -0.39 is 0 Å². The van der Waals surface area contributed by atoms with Crippen LogP contribution in [0.4, 0.5) is 0 Å². The Kier molecular flexibility index (Phi) is 4.47. The average Bonchev–Trinajstić information content (AvgIpc) is 3.30. The highest BCUT2D eigenvalue weighted by Gasteiger charge is 2.12. The summed E-state index contributed by atoms with van der Waals surface area (Å²) in [5.41, 5.74) is 3.06. The summed E-state index contributed by atoms with van der Waals surface area (Å²) in [6, 6.07) is 17.2. The molecule has 0 spiro atoms. The number of aromatic nitrogens is 2. The number of para-hydroxylation sites is 1. The molecule has 130 valence electrons. The van der Waals surface area contributed by atoms with Gasteiger partial charge in [0, 0.05) is 23.9 Å². The average molecular weight is 347 g/mol. The van der Waals surface area contributed by atoms with Crippen molar-refractivity contribution in [3.05, 3.63) is 72.2 Å². The number of nitrogens with one attached hydrogen (secondary N) is 1. The van der Waals surface area contributed by atoms with Gasteiger partial charge in [-0.1, -0.05) is 35.5 Å². The van der Waals surface area contributed by atoms with Gasteiger partial charge in [-0.3, -0.25) is 4.79 Å². The fraction of sp³-hybridized carbons (Fsp3) is 0.150. The normalized spacial score (nSPS) is 10.9. The molecule has 0 saturated carbocycles. The van der Waals surface area contributed by atoms with Crippen LogP contribution in [0.3, 0.4) is 0 Å². The molecule has 26 heavy (non-hydrogen) atoms. The quantitative estimate of drug-likeness (QED) is 0.578. The van der Waals surface area contributed by atoms with Crippen LogP contribution in [0, 0.1) is 0 Å². The molecule has 0 atom stereocenters. The molecule has 4 rings (SSSR count). The number of nitrogens with zero attached hydrogens (tertiary/aromatic N) is 2. The minimum Gasteiger partial charge on any atom is -0.444 e. The van der Waals surface area contributed by atoms with E-state index >= 15 is 0 Å². The maximum Gasteiger partial charge on any atom is 0.226 e. The number of rotatable bonds is 6. The summed E-state index contributed by atoms with van der Waals surface area (Å²) < 4.78 is 10.7. The molecule has 2 aromatic carbocycles. The lowest BCUT2D eigenvalue weighted by atomic mass is 10.1. The van der Waals surface area contributed by atoms with Crippen molar-refractivity contribution in [3.63, 3.8) is 0 Å². The minimum absolute atomic E-state index is 0.101. The number of benzene rings is 2. The number of oxazole rings is 1. The van der Waals surface area contributed by atoms with Crippen molar-refractivity contribution < 1.29 is 13.7 Å². The van der Waals surface area contributed by atoms with Gasteiger partial charge in [-0.05, 0) is 24.3 Å². The smallest absolute Gasteiger partial charge is 0.226 e. The lowest BCUT2D eigenvalue weighted by Crippen LogP contribution is -2.27. The number of hydrogen-bond donors (Lipinski definition) is 1. The van der Waals surface area contributed by atoms with E-state index in [4.69, 9.17) is 8.94 Å². The van der Waals surface area contributed by atoms with E-state index in [0.29, 0.717) is 30.1 Å². The van der Waals surface area contributed by atoms with Gasteiger partial charge in [-0.15, -0.1) is 0 Å². The van der Waals surface area contributed by atoms with Crippen LogP contribution < -0.4 is 5.32 Å². The van der Waals surface area contributed by atoms with Crippen LogP contribution >= 0.6 is 0 Å². The highest BCUT2D eigenvalue weighted by atomic mass is 16.5. The van der Waals surface area contributed by atoms with Gasteiger partial charge < -0.3 is 14.3 Å². The molecule has 6 nitrogen and oxygen atoms in total. The summed E-state index contributed by atoms with van der Waals surface area (Å²) >= 11 is 0. The van der Waals surface area contributed by atoms with Crippen LogP contribution in [0.25, 0.3) is 22.4 Å². The monoisotopic (exact) mass is 347 g/mol. The van der Waals surface area contributed by atoms with Crippen LogP contribution in [0.1, 0.15) is 11.4 Å². The third kappa shape index (κ3) is 3.49. The Hall–Kier alpha value is -3.41. The first-order chi connectivity index (χ1) is 12.8. The number of amides is 1. The summed E-state index contributed by atoms with van der Waals surface area (Å²) in [7, 11) is 0. The van der Waals surface area contributed by atoms with E-state index in [1.807, 2.05) is 54.6 Å². The van der Waals surface area contributed by atoms with Gasteiger partial charge in [0.1, 0.15) is 12.0 Å². The summed E-state index contributed by atoms with van der Waals surface area (Å²) in [4.78, 5) is 16.6. The Morgan fingerprint density at radius 2 is 1.85 bits per heavy atom. The molecule has 1 N–H and O–H groups in total. The van der Waals surface area contributed by atoms with Crippen LogP contribution in [0.15, 0.2) is 69.8 Å². The zero-order valence-electron chi connectivity index (χ0n) is 14.0. The van der Waals surface area contributed by atoms with E-state index in [1.165, 1.54) is 0 Å². The second-order valence-electron chi connectivity index (χ2n) is 5.91. The molecular weight excluding hydrogens is 330 g/mol. The molecule has 4 aromatic rings. The van der Waals surface area contributed by atoms with Gasteiger partial charge in [-0.2, -0.15) is 0 Å². The van der Waals surface area contributed by atoms with Gasteiger partial charge in [-0.25, -0.2) is 4.98 Å². The molecule has 1 amide bonds. The standard InChI is InChI=1S/C20H17N3O3/c24-19(12-17-16-8-4-5-9-18(16)26-23-17)21-11-10-15-13-25-20(22-15)14-6-2-1-3-7-14/h1-9,13H,10-12H2,(H,21,24). The highest BCUT2D eigenvalue weighted by molar-refractivity contribution is 5.86. The predicted molar refractivity (Wildman–Crippen MR) is 96.4 cm³/mol. The molecule has 6 heteroatoms. The molecule has 0 aliphatic heterocycles. The molecule has 0 bridgehead atoms. The molecule has 0 fully saturated rings. The number of carbonyl (C=O) groups is 1. The van der Waals surface area contributed by atoms with E-state index in [0.717, 1.165) is 16.6 Å². The Labute approximate surface area is 149 Å². The molecule has 0 aliphatic rings. The first-order valence-corrected chi connectivity index (χ1v) is 8.39. The number of hydrogen-bond acceptors (Lipinski definition) is 5. The van der Waals surface area contributed by atoms with Crippen molar-refractivity contribution in [2.75, 3.05) is 6.54 Å². The topological polar surface area (TPSA) is 81.2 Å². The minimum atomic E-state index is -0.101. The Morgan fingerprint density at radius 3 is 2.73 bits per heavy atom. The summed E-state index contributed by atoms with van der Waals surface area (Å²) in [6.45, 7) is 0.482. The van der Waals surface area contributed by atoms with Crippen molar-refractivity contribution in [1.29, 1.82) is 0 Å². The van der Waals surface area contributed by atoms with Gasteiger partial charge in [0.15, 0.2) is 5.58 Å². The van der Waals surface area contributed by atoms with Gasteiger partial charge in [0.25, 0.3) is 0 Å². The van der Waals surface area contributed by atoms with E-state index in [1.54, 1.807) is 6.26 Å². The number of carbonyl (C=O) groups excluding carboxylic acids is 1. The summed E-state index contributed by atoms with van der Waals surface area (Å²) in [5, 5.41) is 7.72. The molecular formula is C20H17N3O3. The summed E-state index contributed by atoms with van der Waals surface area (Å²) in [5.74, 6) is 0.483. The van der Waals surface area contributed by atoms with Crippen molar-refractivity contribution >= 4 is 16.9 Å². The van der Waals surface area contributed by atoms with Crippen LogP contribution in [0.2, 0.25) is 0 Å². The van der Waals surface area contributed by atoms with Crippen molar-refractivity contribution in [2.45, 2.75) is 12.8 Å². The van der Waals surface area contributed by atoms with E-state index in [2.05, 4.69) is 15.5 Å². The second kappa shape index (κ2) is 7.23. The fourth-order valence-corrected chi connectivity index (χ4v) is 2.75. The maximum atomic E-state index is 12.1. The predicted octanol–water partition coefficient (Wildman–Crippen LogP) is 3.38. The molecule has 2 heterocycles. The first kappa shape index (κ1) is 16.1. The molecule has 2 aromatic heterocycles. The molecule has 0 radical (unpaired) electrons. The largest absolute Gasteiger partial charge is 0.444 e. The number of fused-ring (bicyclic) bond motifs is 1. The van der Waals surface area contributed by atoms with Crippen LogP contribution in [-0.4, -0.2) is 22.6 Å². The van der Waals surface area contributed by atoms with Gasteiger partial charge in [0.05, 0.1) is 12.1 Å². The second-order valence-corrected chi connectivity index (χ2v) is 5.91. The lowest BCUT2D eigenvalue weighted by molar-refractivity contribution is -0.120. The van der Waals surface area contributed by atoms with Gasteiger partial charge in [0.2, 0.25) is 11.8 Å². The first-order valence-electron chi connectivity index (χ1n) is 8.39. The van der Waals surface area contributed by atoms with Crippen molar-refractivity contribution in [1.82, 2.24) is 15.5 Å². The zero-order valence-corrected chi connectivity index (χ0v) is 14.0. The van der Waals surface area contributed by atoms with Crippen LogP contribution in [-0.2, 0) is 17.6 Å². The Balaban J connectivity index is 1.31. The fourth-order valence-electron chi connectivity index (χ4n) is 2.75. The van der Waals surface area contributed by atoms with Crippen LogP contribution in [0.5, 0.6) is 0 Å². The lowest BCUT2D eigenvalue weighted by Gasteiger charge is -2.02. The highest BCUT2D eigenvalue weighted by Crippen LogP contribution is 2.19. The van der Waals surface area contributed by atoms with E-state index in [-0.39, 0.29) is 12.3 Å². The third-order valence-electron chi connectivity index (χ3n) is 4.06.